The highest BCUT2D eigenvalue weighted by Crippen LogP contribution is 2.28. The van der Waals surface area contributed by atoms with Gasteiger partial charge in [0.15, 0.2) is 0 Å². The molecule has 3 saturated heterocycles. The summed E-state index contributed by atoms with van der Waals surface area (Å²) in [5.41, 5.74) is 0. The Balaban J connectivity index is 1.65. The lowest BCUT2D eigenvalue weighted by molar-refractivity contribution is -0.140. The lowest BCUT2D eigenvalue weighted by atomic mass is 9.91. The van der Waals surface area contributed by atoms with Crippen LogP contribution in [0.4, 0.5) is 0 Å². The van der Waals surface area contributed by atoms with Gasteiger partial charge < -0.3 is 15.0 Å². The Morgan fingerprint density at radius 1 is 1.38 bits per heavy atom. The molecule has 0 aromatic heterocycles. The Kier molecular flexibility index (Phi) is 5.46. The molecule has 21 heavy (non-hydrogen) atoms. The average Bonchev–Trinajstić information content (AvgIpc) is 3.17. The first-order valence-electron chi connectivity index (χ1n) is 8.47. The van der Waals surface area contributed by atoms with Gasteiger partial charge in [0, 0.05) is 36.9 Å². The minimum atomic E-state index is 0.216. The number of hydrogen-bond donors (Lipinski definition) is 1. The van der Waals surface area contributed by atoms with E-state index in [0.717, 1.165) is 57.6 Å². The molecule has 0 aromatic carbocycles. The first-order valence-corrected chi connectivity index (χ1v) is 9.62. The van der Waals surface area contributed by atoms with E-state index in [4.69, 9.17) is 4.74 Å². The molecule has 0 spiro atoms. The predicted molar refractivity (Wildman–Crippen MR) is 86.6 cm³/mol. The molecule has 4 atom stereocenters. The normalized spacial score (nSPS) is 36.8. The van der Waals surface area contributed by atoms with Crippen molar-refractivity contribution in [1.29, 1.82) is 0 Å². The number of nitrogens with zero attached hydrogens (tertiary/aromatic N) is 1. The molecule has 1 amide bonds. The van der Waals surface area contributed by atoms with Crippen molar-refractivity contribution in [2.75, 3.05) is 31.2 Å². The lowest BCUT2D eigenvalue weighted by Gasteiger charge is -2.36. The largest absolute Gasteiger partial charge is 0.376 e. The molecule has 3 fully saturated rings. The standard InChI is InChI=1S/C16H28N2O2S/c1-12-9-13(4-6-17-12)16(19)18(14-5-8-21-11-14)10-15-3-2-7-20-15/h12-15,17H,2-11H2,1H3. The number of hydrogen-bond acceptors (Lipinski definition) is 4. The van der Waals surface area contributed by atoms with Crippen LogP contribution in [0.1, 0.15) is 39.0 Å². The van der Waals surface area contributed by atoms with Gasteiger partial charge in [0.1, 0.15) is 0 Å². The zero-order valence-corrected chi connectivity index (χ0v) is 13.9. The topological polar surface area (TPSA) is 41.6 Å². The Morgan fingerprint density at radius 2 is 2.29 bits per heavy atom. The molecule has 4 nitrogen and oxygen atoms in total. The van der Waals surface area contributed by atoms with Gasteiger partial charge >= 0.3 is 0 Å². The second-order valence-electron chi connectivity index (χ2n) is 6.72. The van der Waals surface area contributed by atoms with Crippen molar-refractivity contribution in [3.05, 3.63) is 0 Å². The molecule has 3 heterocycles. The van der Waals surface area contributed by atoms with Crippen LogP contribution in [0.2, 0.25) is 0 Å². The van der Waals surface area contributed by atoms with E-state index in [0.29, 0.717) is 18.0 Å². The average molecular weight is 312 g/mol. The van der Waals surface area contributed by atoms with Crippen LogP contribution in [-0.4, -0.2) is 60.2 Å². The minimum Gasteiger partial charge on any atom is -0.376 e. The van der Waals surface area contributed by atoms with Crippen molar-refractivity contribution >= 4 is 17.7 Å². The Hall–Kier alpha value is -0.260. The van der Waals surface area contributed by atoms with E-state index in [1.165, 1.54) is 5.75 Å². The van der Waals surface area contributed by atoms with E-state index < -0.39 is 0 Å². The summed E-state index contributed by atoms with van der Waals surface area (Å²) in [6, 6.07) is 0.909. The van der Waals surface area contributed by atoms with Crippen molar-refractivity contribution in [3.63, 3.8) is 0 Å². The van der Waals surface area contributed by atoms with Gasteiger partial charge in [0.25, 0.3) is 0 Å². The van der Waals surface area contributed by atoms with Crippen LogP contribution in [0.25, 0.3) is 0 Å². The Morgan fingerprint density at radius 3 is 2.95 bits per heavy atom. The number of amides is 1. The van der Waals surface area contributed by atoms with Crippen molar-refractivity contribution in [1.82, 2.24) is 10.2 Å². The van der Waals surface area contributed by atoms with Crippen LogP contribution < -0.4 is 5.32 Å². The maximum Gasteiger partial charge on any atom is 0.226 e. The fraction of sp³-hybridized carbons (Fsp3) is 0.938. The van der Waals surface area contributed by atoms with Crippen molar-refractivity contribution in [3.8, 4) is 0 Å². The molecule has 0 saturated carbocycles. The number of thioether (sulfide) groups is 1. The summed E-state index contributed by atoms with van der Waals surface area (Å²) in [6.07, 6.45) is 5.68. The lowest BCUT2D eigenvalue weighted by Crippen LogP contribution is -2.50. The Bertz CT molecular complexity index is 354. The van der Waals surface area contributed by atoms with Gasteiger partial charge in [-0.05, 0) is 51.3 Å². The monoisotopic (exact) mass is 312 g/mol. The summed E-state index contributed by atoms with van der Waals surface area (Å²) in [4.78, 5) is 15.2. The summed E-state index contributed by atoms with van der Waals surface area (Å²) in [5, 5.41) is 3.45. The second kappa shape index (κ2) is 7.34. The van der Waals surface area contributed by atoms with Crippen molar-refractivity contribution in [2.45, 2.75) is 57.2 Å². The molecule has 5 heteroatoms. The third kappa shape index (κ3) is 3.93. The van der Waals surface area contributed by atoms with Gasteiger partial charge in [0.2, 0.25) is 5.91 Å². The third-order valence-corrected chi connectivity index (χ3v) is 6.17. The van der Waals surface area contributed by atoms with Crippen molar-refractivity contribution in [2.24, 2.45) is 5.92 Å². The fourth-order valence-electron chi connectivity index (χ4n) is 3.79. The molecule has 4 unspecified atom stereocenters. The van der Waals surface area contributed by atoms with Crippen molar-refractivity contribution < 1.29 is 9.53 Å². The summed E-state index contributed by atoms with van der Waals surface area (Å²) in [7, 11) is 0. The number of carbonyl (C=O) groups excluding carboxylic acids is 1. The fourth-order valence-corrected chi connectivity index (χ4v) is 5.01. The van der Waals surface area contributed by atoms with Gasteiger partial charge in [0.05, 0.1) is 6.10 Å². The van der Waals surface area contributed by atoms with E-state index in [-0.39, 0.29) is 12.0 Å². The molecule has 0 radical (unpaired) electrons. The zero-order chi connectivity index (χ0) is 14.7. The number of nitrogens with one attached hydrogen (secondary N) is 1. The van der Waals surface area contributed by atoms with Crippen LogP contribution in [0, 0.1) is 5.92 Å². The van der Waals surface area contributed by atoms with Gasteiger partial charge in [-0.1, -0.05) is 0 Å². The summed E-state index contributed by atoms with van der Waals surface area (Å²) in [5.74, 6) is 2.92. The van der Waals surface area contributed by atoms with E-state index >= 15 is 0 Å². The van der Waals surface area contributed by atoms with E-state index in [1.54, 1.807) is 0 Å². The highest BCUT2D eigenvalue weighted by molar-refractivity contribution is 7.99. The number of piperidine rings is 1. The molecule has 3 rings (SSSR count). The van der Waals surface area contributed by atoms with Gasteiger partial charge in [-0.25, -0.2) is 0 Å². The van der Waals surface area contributed by atoms with Gasteiger partial charge in [-0.3, -0.25) is 4.79 Å². The van der Waals surface area contributed by atoms with Crippen LogP contribution in [0.15, 0.2) is 0 Å². The first kappa shape index (κ1) is 15.6. The summed E-state index contributed by atoms with van der Waals surface area (Å²) < 4.78 is 5.79. The molecule has 0 aromatic rings. The van der Waals surface area contributed by atoms with Crippen LogP contribution in [-0.2, 0) is 9.53 Å². The highest BCUT2D eigenvalue weighted by Gasteiger charge is 2.35. The summed E-state index contributed by atoms with van der Waals surface area (Å²) in [6.45, 7) is 4.86. The number of carbonyl (C=O) groups is 1. The maximum absolute atomic E-state index is 13.1. The number of rotatable bonds is 4. The van der Waals surface area contributed by atoms with Gasteiger partial charge in [-0.2, -0.15) is 11.8 Å². The summed E-state index contributed by atoms with van der Waals surface area (Å²) >= 11 is 1.99. The first-order chi connectivity index (χ1) is 10.2. The van der Waals surface area contributed by atoms with Crippen LogP contribution in [0.3, 0.4) is 0 Å². The molecule has 0 bridgehead atoms. The quantitative estimate of drug-likeness (QED) is 0.861. The molecule has 3 aliphatic heterocycles. The van der Waals surface area contributed by atoms with E-state index in [9.17, 15) is 4.79 Å². The minimum absolute atomic E-state index is 0.216. The molecule has 1 N–H and O–H groups in total. The molecular formula is C16H28N2O2S. The van der Waals surface area contributed by atoms with Gasteiger partial charge in [-0.15, -0.1) is 0 Å². The smallest absolute Gasteiger partial charge is 0.226 e. The van der Waals surface area contributed by atoms with E-state index in [1.807, 2.05) is 11.8 Å². The zero-order valence-electron chi connectivity index (χ0n) is 13.1. The highest BCUT2D eigenvalue weighted by atomic mass is 32.2. The SMILES string of the molecule is CC1CC(C(=O)N(CC2CCCO2)C2CCSC2)CCN1. The maximum atomic E-state index is 13.1. The second-order valence-corrected chi connectivity index (χ2v) is 7.87. The third-order valence-electron chi connectivity index (χ3n) is 5.03. The van der Waals surface area contributed by atoms with Crippen LogP contribution >= 0.6 is 11.8 Å². The van der Waals surface area contributed by atoms with Crippen LogP contribution in [0.5, 0.6) is 0 Å². The molecular weight excluding hydrogens is 284 g/mol. The molecule has 3 aliphatic rings. The molecule has 120 valence electrons. The van der Waals surface area contributed by atoms with E-state index in [2.05, 4.69) is 17.1 Å². The Labute approximate surface area is 132 Å². The molecule has 0 aliphatic carbocycles. The number of ether oxygens (including phenoxy) is 1. The predicted octanol–water partition coefficient (Wildman–Crippen LogP) is 1.89.